The van der Waals surface area contributed by atoms with E-state index in [4.69, 9.17) is 5.11 Å². The maximum Gasteiger partial charge on any atom is 0.313 e. The molecule has 0 radical (unpaired) electrons. The highest BCUT2D eigenvalue weighted by Crippen LogP contribution is 2.25. The normalized spacial score (nSPS) is 10.9. The molecule has 0 aliphatic carbocycles. The first-order valence-corrected chi connectivity index (χ1v) is 8.86. The van der Waals surface area contributed by atoms with Crippen LogP contribution in [0.25, 0.3) is 6.08 Å². The SMILES string of the molecule is O=C(O)CSc1nnc(NC(=O)C=Cc2ccc(Br)s2)s1. The Morgan fingerprint density at radius 1 is 1.38 bits per heavy atom. The van der Waals surface area contributed by atoms with Gasteiger partial charge in [0, 0.05) is 11.0 Å². The first-order chi connectivity index (χ1) is 10.0. The molecule has 10 heteroatoms. The number of anilines is 1. The summed E-state index contributed by atoms with van der Waals surface area (Å²) in [7, 11) is 0. The maximum absolute atomic E-state index is 11.7. The van der Waals surface area contributed by atoms with Crippen LogP contribution >= 0.6 is 50.4 Å². The fraction of sp³-hybridized carbons (Fsp3) is 0.0909. The van der Waals surface area contributed by atoms with Crippen molar-refractivity contribution in [1.29, 1.82) is 0 Å². The summed E-state index contributed by atoms with van der Waals surface area (Å²) < 4.78 is 1.49. The maximum atomic E-state index is 11.7. The van der Waals surface area contributed by atoms with E-state index in [2.05, 4.69) is 31.4 Å². The molecule has 2 N–H and O–H groups in total. The third-order valence-corrected chi connectivity index (χ3v) is 5.49. The zero-order chi connectivity index (χ0) is 15.2. The first-order valence-electron chi connectivity index (χ1n) is 5.45. The van der Waals surface area contributed by atoms with Crippen LogP contribution in [-0.4, -0.2) is 32.9 Å². The Morgan fingerprint density at radius 3 is 2.86 bits per heavy atom. The number of carboxylic acids is 1. The number of carbonyl (C=O) groups excluding carboxylic acids is 1. The average Bonchev–Trinajstić information content (AvgIpc) is 3.03. The Morgan fingerprint density at radius 2 is 2.19 bits per heavy atom. The zero-order valence-electron chi connectivity index (χ0n) is 10.3. The van der Waals surface area contributed by atoms with Crippen LogP contribution in [0.4, 0.5) is 5.13 Å². The highest BCUT2D eigenvalue weighted by atomic mass is 79.9. The van der Waals surface area contributed by atoms with Crippen LogP contribution < -0.4 is 5.32 Å². The van der Waals surface area contributed by atoms with Crippen LogP contribution in [0.2, 0.25) is 0 Å². The molecule has 21 heavy (non-hydrogen) atoms. The van der Waals surface area contributed by atoms with E-state index in [0.29, 0.717) is 9.47 Å². The van der Waals surface area contributed by atoms with Crippen molar-refractivity contribution >= 4 is 73.4 Å². The monoisotopic (exact) mass is 405 g/mol. The lowest BCUT2D eigenvalue weighted by molar-refractivity contribution is -0.133. The molecular weight excluding hydrogens is 398 g/mol. The molecule has 2 rings (SSSR count). The van der Waals surface area contributed by atoms with Crippen molar-refractivity contribution in [3.8, 4) is 0 Å². The number of nitrogens with zero attached hydrogens (tertiary/aromatic N) is 2. The second kappa shape index (κ2) is 7.69. The van der Waals surface area contributed by atoms with Crippen molar-refractivity contribution in [3.63, 3.8) is 0 Å². The predicted molar refractivity (Wildman–Crippen MR) is 88.0 cm³/mol. The van der Waals surface area contributed by atoms with Crippen LogP contribution in [-0.2, 0) is 9.59 Å². The van der Waals surface area contributed by atoms with Gasteiger partial charge in [-0.3, -0.25) is 14.9 Å². The molecule has 0 aliphatic heterocycles. The molecule has 0 aromatic carbocycles. The molecule has 0 fully saturated rings. The minimum absolute atomic E-state index is 0.0876. The lowest BCUT2D eigenvalue weighted by Crippen LogP contribution is -2.07. The van der Waals surface area contributed by atoms with Gasteiger partial charge in [-0.2, -0.15) is 0 Å². The molecular formula is C11H8BrN3O3S3. The number of amides is 1. The number of rotatable bonds is 6. The smallest absolute Gasteiger partial charge is 0.313 e. The summed E-state index contributed by atoms with van der Waals surface area (Å²) in [5.74, 6) is -1.33. The second-order valence-electron chi connectivity index (χ2n) is 3.52. The minimum Gasteiger partial charge on any atom is -0.481 e. The van der Waals surface area contributed by atoms with E-state index in [0.717, 1.165) is 31.8 Å². The van der Waals surface area contributed by atoms with Gasteiger partial charge in [-0.15, -0.1) is 21.5 Å². The van der Waals surface area contributed by atoms with Gasteiger partial charge >= 0.3 is 5.97 Å². The number of halogens is 1. The number of carboxylic acid groups (broad SMARTS) is 1. The number of thiophene rings is 1. The third-order valence-electron chi connectivity index (χ3n) is 1.95. The van der Waals surface area contributed by atoms with E-state index in [1.807, 2.05) is 12.1 Å². The fourth-order valence-corrected chi connectivity index (χ4v) is 3.97. The molecule has 0 aliphatic rings. The Bertz CT molecular complexity index is 683. The summed E-state index contributed by atoms with van der Waals surface area (Å²) in [6, 6.07) is 3.79. The number of carbonyl (C=O) groups is 2. The van der Waals surface area contributed by atoms with Crippen LogP contribution in [0.5, 0.6) is 0 Å². The molecule has 0 unspecified atom stereocenters. The van der Waals surface area contributed by atoms with Crippen LogP contribution in [0, 0.1) is 0 Å². The summed E-state index contributed by atoms with van der Waals surface area (Å²) in [4.78, 5) is 23.1. The molecule has 0 spiro atoms. The summed E-state index contributed by atoms with van der Waals surface area (Å²) >= 11 is 7.06. The van der Waals surface area contributed by atoms with Gasteiger partial charge in [-0.05, 0) is 34.1 Å². The molecule has 2 heterocycles. The number of thioether (sulfide) groups is 1. The largest absolute Gasteiger partial charge is 0.481 e. The fourth-order valence-electron chi connectivity index (χ4n) is 1.16. The Labute approximate surface area is 140 Å². The van der Waals surface area contributed by atoms with Crippen LogP contribution in [0.15, 0.2) is 26.3 Å². The van der Waals surface area contributed by atoms with Crippen molar-refractivity contribution in [3.05, 3.63) is 26.9 Å². The minimum atomic E-state index is -0.925. The average molecular weight is 406 g/mol. The van der Waals surface area contributed by atoms with E-state index >= 15 is 0 Å². The Balaban J connectivity index is 1.87. The second-order valence-corrected chi connectivity index (χ2v) is 8.21. The lowest BCUT2D eigenvalue weighted by atomic mass is 10.4. The van der Waals surface area contributed by atoms with Gasteiger partial charge in [0.1, 0.15) is 0 Å². The number of nitrogens with one attached hydrogen (secondary N) is 1. The zero-order valence-corrected chi connectivity index (χ0v) is 14.3. The summed E-state index contributed by atoms with van der Waals surface area (Å²) in [6.45, 7) is 0. The Hall–Kier alpha value is -1.23. The number of hydrogen-bond donors (Lipinski definition) is 2. The first kappa shape index (κ1) is 16.1. The molecule has 0 saturated carbocycles. The van der Waals surface area contributed by atoms with Gasteiger partial charge in [0.05, 0.1) is 9.54 Å². The van der Waals surface area contributed by atoms with E-state index in [1.54, 1.807) is 6.08 Å². The molecule has 0 atom stereocenters. The highest BCUT2D eigenvalue weighted by Gasteiger charge is 2.08. The molecule has 6 nitrogen and oxygen atoms in total. The number of aliphatic carboxylic acids is 1. The standard InChI is InChI=1S/C11H8BrN3O3S3/c12-7-3-1-6(20-7)2-4-8(16)13-10-14-15-11(21-10)19-5-9(17)18/h1-4H,5H2,(H,17,18)(H,13,14,16). The summed E-state index contributed by atoms with van der Waals surface area (Å²) in [5.41, 5.74) is 0. The van der Waals surface area contributed by atoms with Gasteiger partial charge < -0.3 is 5.11 Å². The molecule has 110 valence electrons. The molecule has 1 amide bonds. The van der Waals surface area contributed by atoms with E-state index in [1.165, 1.54) is 17.4 Å². The van der Waals surface area contributed by atoms with E-state index in [9.17, 15) is 9.59 Å². The van der Waals surface area contributed by atoms with Crippen molar-refractivity contribution in [1.82, 2.24) is 10.2 Å². The van der Waals surface area contributed by atoms with Crippen molar-refractivity contribution in [2.75, 3.05) is 11.1 Å². The van der Waals surface area contributed by atoms with Gasteiger partial charge in [0.2, 0.25) is 11.0 Å². The van der Waals surface area contributed by atoms with Gasteiger partial charge in [0.25, 0.3) is 0 Å². The lowest BCUT2D eigenvalue weighted by Gasteiger charge is -1.93. The molecule has 0 saturated heterocycles. The number of aromatic nitrogens is 2. The summed E-state index contributed by atoms with van der Waals surface area (Å²) in [5, 5.41) is 19.0. The van der Waals surface area contributed by atoms with Gasteiger partial charge in [-0.1, -0.05) is 23.1 Å². The van der Waals surface area contributed by atoms with E-state index < -0.39 is 5.97 Å². The van der Waals surface area contributed by atoms with Crippen LogP contribution in [0.1, 0.15) is 4.88 Å². The van der Waals surface area contributed by atoms with Crippen molar-refractivity contribution < 1.29 is 14.7 Å². The molecule has 2 aromatic heterocycles. The topological polar surface area (TPSA) is 92.2 Å². The highest BCUT2D eigenvalue weighted by molar-refractivity contribution is 9.11. The van der Waals surface area contributed by atoms with Crippen molar-refractivity contribution in [2.24, 2.45) is 0 Å². The van der Waals surface area contributed by atoms with E-state index in [-0.39, 0.29) is 11.7 Å². The predicted octanol–water partition coefficient (Wildman–Crippen LogP) is 3.19. The molecule has 0 bridgehead atoms. The van der Waals surface area contributed by atoms with Crippen LogP contribution in [0.3, 0.4) is 0 Å². The van der Waals surface area contributed by atoms with Gasteiger partial charge in [0.15, 0.2) is 4.34 Å². The Kier molecular flexibility index (Phi) is 5.91. The summed E-state index contributed by atoms with van der Waals surface area (Å²) in [6.07, 6.45) is 3.11. The van der Waals surface area contributed by atoms with Crippen molar-refractivity contribution in [2.45, 2.75) is 4.34 Å². The third kappa shape index (κ3) is 5.58. The molecule has 2 aromatic rings. The van der Waals surface area contributed by atoms with Gasteiger partial charge in [-0.25, -0.2) is 0 Å². The number of hydrogen-bond acceptors (Lipinski definition) is 7. The quantitative estimate of drug-likeness (QED) is 0.435.